The van der Waals surface area contributed by atoms with Crippen LogP contribution in [-0.4, -0.2) is 4.98 Å². The zero-order valence-electron chi connectivity index (χ0n) is 12.4. The van der Waals surface area contributed by atoms with Gasteiger partial charge in [-0.25, -0.2) is 0 Å². The maximum Gasteiger partial charge on any atom is 0.127 e. The first-order chi connectivity index (χ1) is 10.8. The zero-order chi connectivity index (χ0) is 15.2. The van der Waals surface area contributed by atoms with E-state index in [4.69, 9.17) is 4.74 Å². The summed E-state index contributed by atoms with van der Waals surface area (Å²) < 4.78 is 5.78. The number of rotatable bonds is 5. The summed E-state index contributed by atoms with van der Waals surface area (Å²) in [5.74, 6) is 1.66. The molecule has 3 aromatic rings. The predicted molar refractivity (Wildman–Crippen MR) is 89.2 cm³/mol. The molecule has 3 heteroatoms. The Balaban J connectivity index is 1.64. The molecule has 0 saturated carbocycles. The number of nitrogens with zero attached hydrogens (tertiary/aromatic N) is 1. The van der Waals surface area contributed by atoms with Gasteiger partial charge < -0.3 is 10.1 Å². The number of nitrogens with one attached hydrogen (secondary N) is 1. The summed E-state index contributed by atoms with van der Waals surface area (Å²) in [4.78, 5) is 4.36. The number of anilines is 1. The molecule has 110 valence electrons. The molecule has 1 heterocycles. The summed E-state index contributed by atoms with van der Waals surface area (Å²) in [5.41, 5.74) is 2.06. The minimum absolute atomic E-state index is 0.155. The Morgan fingerprint density at radius 2 is 1.50 bits per heavy atom. The number of hydrogen-bond acceptors (Lipinski definition) is 3. The summed E-state index contributed by atoms with van der Waals surface area (Å²) in [5, 5.41) is 3.43. The van der Waals surface area contributed by atoms with Gasteiger partial charge in [-0.3, -0.25) is 4.98 Å². The van der Waals surface area contributed by atoms with Crippen LogP contribution in [0.4, 0.5) is 5.69 Å². The maximum atomic E-state index is 5.78. The molecule has 0 aliphatic heterocycles. The second-order valence-corrected chi connectivity index (χ2v) is 5.06. The van der Waals surface area contributed by atoms with Crippen LogP contribution in [-0.2, 0) is 0 Å². The fourth-order valence-electron chi connectivity index (χ4n) is 2.20. The molecule has 1 unspecified atom stereocenters. The topological polar surface area (TPSA) is 34.1 Å². The van der Waals surface area contributed by atoms with Gasteiger partial charge in [0.25, 0.3) is 0 Å². The summed E-state index contributed by atoms with van der Waals surface area (Å²) >= 11 is 0. The third-order valence-electron chi connectivity index (χ3n) is 3.35. The second-order valence-electron chi connectivity index (χ2n) is 5.06. The smallest absolute Gasteiger partial charge is 0.127 e. The van der Waals surface area contributed by atoms with Gasteiger partial charge in [0.05, 0.1) is 11.7 Å². The summed E-state index contributed by atoms with van der Waals surface area (Å²) in [6.45, 7) is 2.09. The van der Waals surface area contributed by atoms with Crippen molar-refractivity contribution in [3.05, 3.63) is 84.7 Å². The Bertz CT molecular complexity index is 697. The first-order valence-corrected chi connectivity index (χ1v) is 7.32. The Labute approximate surface area is 130 Å². The van der Waals surface area contributed by atoms with Gasteiger partial charge in [-0.05, 0) is 55.5 Å². The zero-order valence-corrected chi connectivity index (χ0v) is 12.4. The molecule has 0 aliphatic rings. The quantitative estimate of drug-likeness (QED) is 0.714. The average Bonchev–Trinajstić information content (AvgIpc) is 2.58. The predicted octanol–water partition coefficient (Wildman–Crippen LogP) is 5.05. The summed E-state index contributed by atoms with van der Waals surface area (Å²) in [6.07, 6.45) is 1.81. The lowest BCUT2D eigenvalue weighted by Gasteiger charge is -2.15. The van der Waals surface area contributed by atoms with Gasteiger partial charge in [-0.15, -0.1) is 0 Å². The largest absolute Gasteiger partial charge is 0.457 e. The van der Waals surface area contributed by atoms with E-state index < -0.39 is 0 Å². The van der Waals surface area contributed by atoms with Gasteiger partial charge in [0.2, 0.25) is 0 Å². The van der Waals surface area contributed by atoms with Crippen molar-refractivity contribution in [2.24, 2.45) is 0 Å². The first-order valence-electron chi connectivity index (χ1n) is 7.32. The van der Waals surface area contributed by atoms with E-state index in [-0.39, 0.29) is 6.04 Å². The fourth-order valence-corrected chi connectivity index (χ4v) is 2.20. The van der Waals surface area contributed by atoms with Gasteiger partial charge >= 0.3 is 0 Å². The standard InChI is InChI=1S/C19H18N2O/c1-15(19-9-5-6-14-20-19)21-16-10-12-18(13-11-16)22-17-7-3-2-4-8-17/h2-15,21H,1H3. The molecule has 1 atom stereocenters. The molecule has 0 aliphatic carbocycles. The van der Waals surface area contributed by atoms with Crippen molar-refractivity contribution in [1.82, 2.24) is 4.98 Å². The van der Waals surface area contributed by atoms with E-state index in [0.29, 0.717) is 0 Å². The van der Waals surface area contributed by atoms with E-state index in [1.165, 1.54) is 0 Å². The summed E-state index contributed by atoms with van der Waals surface area (Å²) in [6, 6.07) is 23.8. The monoisotopic (exact) mass is 290 g/mol. The van der Waals surface area contributed by atoms with Crippen molar-refractivity contribution in [3.63, 3.8) is 0 Å². The van der Waals surface area contributed by atoms with Crippen molar-refractivity contribution < 1.29 is 4.74 Å². The minimum atomic E-state index is 0.155. The molecule has 2 aromatic carbocycles. The van der Waals surface area contributed by atoms with Crippen molar-refractivity contribution in [2.45, 2.75) is 13.0 Å². The van der Waals surface area contributed by atoms with Crippen molar-refractivity contribution in [2.75, 3.05) is 5.32 Å². The van der Waals surface area contributed by atoms with E-state index in [1.807, 2.05) is 79.0 Å². The number of hydrogen-bond donors (Lipinski definition) is 1. The highest BCUT2D eigenvalue weighted by molar-refractivity contribution is 5.48. The number of benzene rings is 2. The van der Waals surface area contributed by atoms with E-state index in [9.17, 15) is 0 Å². The number of ether oxygens (including phenoxy) is 1. The molecule has 22 heavy (non-hydrogen) atoms. The van der Waals surface area contributed by atoms with Gasteiger partial charge in [-0.2, -0.15) is 0 Å². The number of para-hydroxylation sites is 1. The fraction of sp³-hybridized carbons (Fsp3) is 0.105. The molecule has 0 saturated heterocycles. The molecule has 0 bridgehead atoms. The maximum absolute atomic E-state index is 5.78. The molecule has 1 aromatic heterocycles. The van der Waals surface area contributed by atoms with Gasteiger partial charge in [-0.1, -0.05) is 24.3 Å². The third-order valence-corrected chi connectivity index (χ3v) is 3.35. The van der Waals surface area contributed by atoms with E-state index in [1.54, 1.807) is 0 Å². The molecule has 0 spiro atoms. The molecule has 0 amide bonds. The lowest BCUT2D eigenvalue weighted by atomic mass is 10.2. The van der Waals surface area contributed by atoms with Gasteiger partial charge in [0.15, 0.2) is 0 Å². The molecule has 3 rings (SSSR count). The van der Waals surface area contributed by atoms with Crippen LogP contribution in [0.3, 0.4) is 0 Å². The lowest BCUT2D eigenvalue weighted by molar-refractivity contribution is 0.483. The van der Waals surface area contributed by atoms with Crippen LogP contribution in [0.1, 0.15) is 18.7 Å². The lowest BCUT2D eigenvalue weighted by Crippen LogP contribution is -2.07. The van der Waals surface area contributed by atoms with Gasteiger partial charge in [0.1, 0.15) is 11.5 Å². The van der Waals surface area contributed by atoms with Gasteiger partial charge in [0, 0.05) is 11.9 Å². The molecule has 0 radical (unpaired) electrons. The highest BCUT2D eigenvalue weighted by Gasteiger charge is 2.06. The third kappa shape index (κ3) is 3.64. The normalized spacial score (nSPS) is 11.7. The van der Waals surface area contributed by atoms with Crippen LogP contribution >= 0.6 is 0 Å². The molecule has 1 N–H and O–H groups in total. The Morgan fingerprint density at radius 1 is 0.818 bits per heavy atom. The average molecular weight is 290 g/mol. The van der Waals surface area contributed by atoms with Crippen LogP contribution in [0.25, 0.3) is 0 Å². The highest BCUT2D eigenvalue weighted by atomic mass is 16.5. The number of pyridine rings is 1. The number of aromatic nitrogens is 1. The van der Waals surface area contributed by atoms with Crippen molar-refractivity contribution in [1.29, 1.82) is 0 Å². The highest BCUT2D eigenvalue weighted by Crippen LogP contribution is 2.24. The Hall–Kier alpha value is -2.81. The van der Waals surface area contributed by atoms with Crippen molar-refractivity contribution in [3.8, 4) is 11.5 Å². The Morgan fingerprint density at radius 3 is 2.18 bits per heavy atom. The molecular formula is C19H18N2O. The van der Waals surface area contributed by atoms with E-state index in [2.05, 4.69) is 17.2 Å². The van der Waals surface area contributed by atoms with Crippen LogP contribution in [0.15, 0.2) is 79.0 Å². The second kappa shape index (κ2) is 6.76. The van der Waals surface area contributed by atoms with Crippen LogP contribution in [0, 0.1) is 0 Å². The molecule has 3 nitrogen and oxygen atoms in total. The molecule has 0 fully saturated rings. The minimum Gasteiger partial charge on any atom is -0.457 e. The summed E-state index contributed by atoms with van der Waals surface area (Å²) in [7, 11) is 0. The first kappa shape index (κ1) is 14.1. The van der Waals surface area contributed by atoms with E-state index >= 15 is 0 Å². The van der Waals surface area contributed by atoms with Crippen LogP contribution in [0.5, 0.6) is 11.5 Å². The van der Waals surface area contributed by atoms with Crippen molar-refractivity contribution >= 4 is 5.69 Å². The van der Waals surface area contributed by atoms with E-state index in [0.717, 1.165) is 22.9 Å². The Kier molecular flexibility index (Phi) is 4.35. The van der Waals surface area contributed by atoms with Crippen LogP contribution < -0.4 is 10.1 Å². The molecular weight excluding hydrogens is 272 g/mol. The van der Waals surface area contributed by atoms with Crippen LogP contribution in [0.2, 0.25) is 0 Å². The SMILES string of the molecule is CC(Nc1ccc(Oc2ccccc2)cc1)c1ccccn1.